The van der Waals surface area contributed by atoms with Crippen molar-refractivity contribution in [2.24, 2.45) is 5.92 Å². The van der Waals surface area contributed by atoms with Gasteiger partial charge in [0.1, 0.15) is 16.2 Å². The summed E-state index contributed by atoms with van der Waals surface area (Å²) in [5.74, 6) is -1.73. The number of aliphatic carboxylic acids is 1. The Kier molecular flexibility index (Phi) is 7.47. The molecule has 1 unspecified atom stereocenters. The zero-order valence-electron chi connectivity index (χ0n) is 19.7. The number of hydrogen-bond donors (Lipinski definition) is 1. The molecule has 200 valence electrons. The maximum Gasteiger partial charge on any atom is 0.490 e. The Labute approximate surface area is 211 Å². The third-order valence-electron chi connectivity index (χ3n) is 6.39. The number of carbonyl (C=O) groups excluding carboxylic acids is 1. The number of nitrogens with zero attached hydrogens (tertiary/aromatic N) is 3. The highest BCUT2D eigenvalue weighted by molar-refractivity contribution is 7.89. The molecule has 2 aliphatic heterocycles. The molecule has 1 N–H and O–H groups in total. The topological polar surface area (TPSA) is 117 Å². The van der Waals surface area contributed by atoms with E-state index in [0.717, 1.165) is 12.8 Å². The average molecular weight is 542 g/mol. The lowest BCUT2D eigenvalue weighted by Crippen LogP contribution is -2.49. The zero-order valence-corrected chi connectivity index (χ0v) is 20.5. The summed E-state index contributed by atoms with van der Waals surface area (Å²) in [7, 11) is -3.76. The normalized spacial score (nSPS) is 22.8. The van der Waals surface area contributed by atoms with Gasteiger partial charge in [-0.15, -0.1) is 0 Å². The Morgan fingerprint density at radius 3 is 2.41 bits per heavy atom. The van der Waals surface area contributed by atoms with Gasteiger partial charge in [0.05, 0.1) is 25.3 Å². The van der Waals surface area contributed by atoms with Gasteiger partial charge in [-0.3, -0.25) is 9.78 Å². The first-order chi connectivity index (χ1) is 17.4. The van der Waals surface area contributed by atoms with Crippen LogP contribution in [0.2, 0.25) is 0 Å². The molecule has 9 nitrogen and oxygen atoms in total. The second-order valence-corrected chi connectivity index (χ2v) is 11.2. The van der Waals surface area contributed by atoms with Crippen molar-refractivity contribution >= 4 is 21.9 Å². The number of sulfonamides is 1. The first-order valence-corrected chi connectivity index (χ1v) is 13.1. The molecular weight excluding hydrogens is 515 g/mol. The molecule has 3 heterocycles. The minimum absolute atomic E-state index is 0.148. The summed E-state index contributed by atoms with van der Waals surface area (Å²) in [6.07, 6.45) is 0.0256. The molecule has 1 saturated heterocycles. The highest BCUT2D eigenvalue weighted by atomic mass is 32.2. The molecular formula is C24H26F3N3O6S. The van der Waals surface area contributed by atoms with E-state index in [-0.39, 0.29) is 23.9 Å². The van der Waals surface area contributed by atoms with Crippen LogP contribution in [-0.4, -0.2) is 71.0 Å². The number of aromatic nitrogens is 1. The molecule has 13 heteroatoms. The number of alkyl halides is 3. The summed E-state index contributed by atoms with van der Waals surface area (Å²) < 4.78 is 66.5. The summed E-state index contributed by atoms with van der Waals surface area (Å²) in [6.45, 7) is 1.35. The monoisotopic (exact) mass is 541 g/mol. The summed E-state index contributed by atoms with van der Waals surface area (Å²) in [6, 6.07) is 12.2. The van der Waals surface area contributed by atoms with Crippen LogP contribution in [-0.2, 0) is 26.2 Å². The molecule has 1 amide bonds. The molecule has 1 spiro atoms. The number of benzene rings is 1. The molecule has 5 rings (SSSR count). The van der Waals surface area contributed by atoms with E-state index in [1.165, 1.54) is 4.31 Å². The van der Waals surface area contributed by atoms with Crippen LogP contribution in [0.3, 0.4) is 0 Å². The standard InChI is InChI=1S/C22H25N3O4S.C2HF3O2/c26-21(13-17-8-9-17)24-12-10-22(15-24)16-25(14-18-5-3-4-11-23-18)30(27,28)20-7-2-1-6-19(20)29-22;3-2(4,5)1(6)7/h1-7,11,17H,8-10,12-16H2;(H,6,7). The summed E-state index contributed by atoms with van der Waals surface area (Å²) in [4.78, 5) is 27.9. The molecule has 1 atom stereocenters. The number of carboxylic acid groups (broad SMARTS) is 1. The molecule has 1 aromatic heterocycles. The zero-order chi connectivity index (χ0) is 26.8. The van der Waals surface area contributed by atoms with Crippen molar-refractivity contribution in [1.29, 1.82) is 0 Å². The van der Waals surface area contributed by atoms with E-state index in [1.54, 1.807) is 36.5 Å². The first-order valence-electron chi connectivity index (χ1n) is 11.7. The van der Waals surface area contributed by atoms with E-state index in [4.69, 9.17) is 14.6 Å². The highest BCUT2D eigenvalue weighted by Gasteiger charge is 2.49. The molecule has 0 bridgehead atoms. The van der Waals surface area contributed by atoms with E-state index >= 15 is 0 Å². The summed E-state index contributed by atoms with van der Waals surface area (Å²) in [5.41, 5.74) is -0.0801. The number of amides is 1. The number of likely N-dealkylation sites (tertiary alicyclic amines) is 1. The van der Waals surface area contributed by atoms with E-state index in [2.05, 4.69) is 4.98 Å². The Balaban J connectivity index is 0.000000405. The molecule has 1 saturated carbocycles. The largest absolute Gasteiger partial charge is 0.490 e. The third-order valence-corrected chi connectivity index (χ3v) is 8.23. The number of ether oxygens (including phenoxy) is 1. The van der Waals surface area contributed by atoms with Crippen molar-refractivity contribution in [3.05, 3.63) is 54.4 Å². The fourth-order valence-corrected chi connectivity index (χ4v) is 5.94. The number of para-hydroxylation sites is 1. The number of carboxylic acids is 1. The van der Waals surface area contributed by atoms with Crippen LogP contribution in [0, 0.1) is 5.92 Å². The third kappa shape index (κ3) is 6.39. The molecule has 2 aromatic rings. The van der Waals surface area contributed by atoms with Crippen LogP contribution < -0.4 is 4.74 Å². The maximum absolute atomic E-state index is 13.5. The Hall–Kier alpha value is -3.19. The lowest BCUT2D eigenvalue weighted by molar-refractivity contribution is -0.192. The SMILES string of the molecule is O=C(CC1CC1)N1CCC2(C1)CN(Cc1ccccn1)S(=O)(=O)c1ccccc1O2.O=C(O)C(F)(F)F. The van der Waals surface area contributed by atoms with Gasteiger partial charge in [0.15, 0.2) is 0 Å². The van der Waals surface area contributed by atoms with Crippen molar-refractivity contribution in [1.82, 2.24) is 14.2 Å². The van der Waals surface area contributed by atoms with Crippen molar-refractivity contribution < 1.29 is 41.0 Å². The number of rotatable bonds is 4. The van der Waals surface area contributed by atoms with Crippen LogP contribution in [0.4, 0.5) is 13.2 Å². The number of halogens is 3. The van der Waals surface area contributed by atoms with Gasteiger partial charge in [-0.2, -0.15) is 17.5 Å². The summed E-state index contributed by atoms with van der Waals surface area (Å²) in [5, 5.41) is 7.12. The molecule has 2 fully saturated rings. The molecule has 0 radical (unpaired) electrons. The van der Waals surface area contributed by atoms with Crippen LogP contribution >= 0.6 is 0 Å². The van der Waals surface area contributed by atoms with Gasteiger partial charge >= 0.3 is 12.1 Å². The molecule has 37 heavy (non-hydrogen) atoms. The minimum Gasteiger partial charge on any atom is -0.483 e. The Morgan fingerprint density at radius 2 is 1.78 bits per heavy atom. The predicted molar refractivity (Wildman–Crippen MR) is 124 cm³/mol. The second-order valence-electron chi connectivity index (χ2n) is 9.34. The van der Waals surface area contributed by atoms with Crippen molar-refractivity contribution in [3.63, 3.8) is 0 Å². The van der Waals surface area contributed by atoms with Crippen LogP contribution in [0.25, 0.3) is 0 Å². The highest BCUT2D eigenvalue weighted by Crippen LogP contribution is 2.40. The van der Waals surface area contributed by atoms with Gasteiger partial charge in [0.2, 0.25) is 15.9 Å². The Bertz CT molecular complexity index is 1250. The van der Waals surface area contributed by atoms with Crippen molar-refractivity contribution in [2.75, 3.05) is 19.6 Å². The van der Waals surface area contributed by atoms with E-state index in [1.807, 2.05) is 17.0 Å². The van der Waals surface area contributed by atoms with Crippen molar-refractivity contribution in [3.8, 4) is 5.75 Å². The van der Waals surface area contributed by atoms with Crippen molar-refractivity contribution in [2.45, 2.75) is 48.9 Å². The lowest BCUT2D eigenvalue weighted by Gasteiger charge is -2.31. The molecule has 1 aromatic carbocycles. The lowest BCUT2D eigenvalue weighted by atomic mass is 10.0. The quantitative estimate of drug-likeness (QED) is 0.632. The van der Waals surface area contributed by atoms with E-state index in [9.17, 15) is 26.4 Å². The van der Waals surface area contributed by atoms with E-state index < -0.39 is 27.8 Å². The number of pyridine rings is 1. The second kappa shape index (κ2) is 10.3. The Morgan fingerprint density at radius 1 is 1.11 bits per heavy atom. The molecule has 1 aliphatic carbocycles. The first kappa shape index (κ1) is 26.9. The smallest absolute Gasteiger partial charge is 0.483 e. The van der Waals surface area contributed by atoms with Gasteiger partial charge in [0, 0.05) is 25.6 Å². The minimum atomic E-state index is -5.08. The van der Waals surface area contributed by atoms with Gasteiger partial charge in [-0.25, -0.2) is 13.2 Å². The number of hydrogen-bond acceptors (Lipinski definition) is 6. The fraction of sp³-hybridized carbons (Fsp3) is 0.458. The van der Waals surface area contributed by atoms with Gasteiger partial charge < -0.3 is 14.7 Å². The van der Waals surface area contributed by atoms with Gasteiger partial charge in [-0.1, -0.05) is 18.2 Å². The fourth-order valence-electron chi connectivity index (χ4n) is 4.34. The predicted octanol–water partition coefficient (Wildman–Crippen LogP) is 3.07. The average Bonchev–Trinajstić information content (AvgIpc) is 3.57. The van der Waals surface area contributed by atoms with Crippen LogP contribution in [0.15, 0.2) is 53.6 Å². The van der Waals surface area contributed by atoms with Gasteiger partial charge in [-0.05, 0) is 43.0 Å². The number of fused-ring (bicyclic) bond motifs is 1. The van der Waals surface area contributed by atoms with Crippen LogP contribution in [0.1, 0.15) is 31.4 Å². The molecule has 3 aliphatic rings. The number of carbonyl (C=O) groups is 2. The summed E-state index contributed by atoms with van der Waals surface area (Å²) >= 11 is 0. The maximum atomic E-state index is 13.5. The van der Waals surface area contributed by atoms with Crippen LogP contribution in [0.5, 0.6) is 5.75 Å². The van der Waals surface area contributed by atoms with E-state index in [0.29, 0.717) is 43.3 Å². The van der Waals surface area contributed by atoms with Gasteiger partial charge in [0.25, 0.3) is 0 Å².